The van der Waals surface area contributed by atoms with Gasteiger partial charge in [-0.15, -0.1) is 0 Å². The summed E-state index contributed by atoms with van der Waals surface area (Å²) in [4.78, 5) is 2.47. The number of nitrogens with zero attached hydrogens (tertiary/aromatic N) is 1. The van der Waals surface area contributed by atoms with Crippen molar-refractivity contribution in [3.05, 3.63) is 29.3 Å². The Hall–Kier alpha value is -1.06. The standard InChI is InChI=1S/C16H21NO2/c18-16(7-9-17-8-6-13(16)11-17)14-5-1-3-12-4-2-10-19-15(12)14/h1,3,5,13,18H,2,4,6-11H2. The van der Waals surface area contributed by atoms with Crippen molar-refractivity contribution in [2.45, 2.75) is 31.3 Å². The van der Waals surface area contributed by atoms with E-state index in [2.05, 4.69) is 23.1 Å². The maximum Gasteiger partial charge on any atom is 0.128 e. The zero-order valence-corrected chi connectivity index (χ0v) is 11.3. The number of fused-ring (bicyclic) bond motifs is 3. The van der Waals surface area contributed by atoms with Crippen LogP contribution in [0.15, 0.2) is 18.2 Å². The van der Waals surface area contributed by atoms with Gasteiger partial charge in [0, 0.05) is 24.6 Å². The molecule has 0 aliphatic carbocycles. The fraction of sp³-hybridized carbons (Fsp3) is 0.625. The van der Waals surface area contributed by atoms with Gasteiger partial charge < -0.3 is 14.7 Å². The van der Waals surface area contributed by atoms with Crippen LogP contribution < -0.4 is 4.74 Å². The molecule has 4 rings (SSSR count). The predicted molar refractivity (Wildman–Crippen MR) is 73.3 cm³/mol. The summed E-state index contributed by atoms with van der Waals surface area (Å²) in [6, 6.07) is 6.31. The summed E-state index contributed by atoms with van der Waals surface area (Å²) in [5.41, 5.74) is 1.66. The quantitative estimate of drug-likeness (QED) is 0.836. The average Bonchev–Trinajstić information content (AvgIpc) is 2.88. The van der Waals surface area contributed by atoms with Crippen molar-refractivity contribution < 1.29 is 9.84 Å². The van der Waals surface area contributed by atoms with E-state index in [1.807, 2.05) is 0 Å². The molecular weight excluding hydrogens is 238 g/mol. The summed E-state index contributed by atoms with van der Waals surface area (Å²) in [7, 11) is 0. The zero-order chi connectivity index (χ0) is 12.9. The molecule has 3 nitrogen and oxygen atoms in total. The van der Waals surface area contributed by atoms with Crippen LogP contribution in [0.5, 0.6) is 5.75 Å². The Kier molecular flexibility index (Phi) is 2.61. The minimum Gasteiger partial charge on any atom is -0.493 e. The second-order valence-electron chi connectivity index (χ2n) is 6.21. The highest BCUT2D eigenvalue weighted by molar-refractivity contribution is 5.46. The van der Waals surface area contributed by atoms with Gasteiger partial charge in [0.15, 0.2) is 0 Å². The lowest BCUT2D eigenvalue weighted by Crippen LogP contribution is -2.44. The van der Waals surface area contributed by atoms with Gasteiger partial charge in [0.25, 0.3) is 0 Å². The molecule has 1 aromatic rings. The maximum absolute atomic E-state index is 11.3. The molecular formula is C16H21NO2. The summed E-state index contributed by atoms with van der Waals surface area (Å²) >= 11 is 0. The van der Waals surface area contributed by atoms with Crippen molar-refractivity contribution in [3.8, 4) is 5.75 Å². The van der Waals surface area contributed by atoms with E-state index in [1.54, 1.807) is 0 Å². The number of para-hydroxylation sites is 1. The molecule has 2 bridgehead atoms. The number of ether oxygens (including phenoxy) is 1. The van der Waals surface area contributed by atoms with E-state index in [1.165, 1.54) is 5.56 Å². The first-order valence-corrected chi connectivity index (χ1v) is 7.47. The van der Waals surface area contributed by atoms with Crippen LogP contribution in [0.2, 0.25) is 0 Å². The molecule has 0 radical (unpaired) electrons. The lowest BCUT2D eigenvalue weighted by molar-refractivity contribution is -0.0522. The van der Waals surface area contributed by atoms with Gasteiger partial charge in [0.2, 0.25) is 0 Å². The van der Waals surface area contributed by atoms with Crippen LogP contribution in [0, 0.1) is 5.92 Å². The number of aryl methyl sites for hydroxylation is 1. The smallest absolute Gasteiger partial charge is 0.128 e. The number of hydrogen-bond donors (Lipinski definition) is 1. The summed E-state index contributed by atoms with van der Waals surface area (Å²) in [5, 5.41) is 11.3. The van der Waals surface area contributed by atoms with Crippen molar-refractivity contribution in [1.82, 2.24) is 4.90 Å². The molecule has 102 valence electrons. The van der Waals surface area contributed by atoms with E-state index in [0.29, 0.717) is 5.92 Å². The molecule has 0 spiro atoms. The molecule has 1 N–H and O–H groups in total. The number of piperidine rings is 1. The SMILES string of the molecule is OC1(c2cccc3c2OCCC3)CCN2CCC1C2. The number of rotatable bonds is 1. The van der Waals surface area contributed by atoms with Gasteiger partial charge >= 0.3 is 0 Å². The van der Waals surface area contributed by atoms with Crippen molar-refractivity contribution in [3.63, 3.8) is 0 Å². The molecule has 1 aromatic carbocycles. The largest absolute Gasteiger partial charge is 0.493 e. The van der Waals surface area contributed by atoms with E-state index >= 15 is 0 Å². The van der Waals surface area contributed by atoms with E-state index < -0.39 is 5.60 Å². The number of aliphatic hydroxyl groups is 1. The first-order valence-electron chi connectivity index (χ1n) is 7.47. The Labute approximate surface area is 114 Å². The van der Waals surface area contributed by atoms with E-state index in [4.69, 9.17) is 4.74 Å². The van der Waals surface area contributed by atoms with Crippen LogP contribution in [0.1, 0.15) is 30.4 Å². The van der Waals surface area contributed by atoms with Gasteiger partial charge in [-0.25, -0.2) is 0 Å². The Balaban J connectivity index is 1.79. The van der Waals surface area contributed by atoms with Gasteiger partial charge in [-0.1, -0.05) is 18.2 Å². The van der Waals surface area contributed by atoms with Gasteiger partial charge in [-0.05, 0) is 37.8 Å². The molecule has 0 saturated carbocycles. The summed E-state index contributed by atoms with van der Waals surface area (Å²) in [6.45, 7) is 3.98. The van der Waals surface area contributed by atoms with Gasteiger partial charge in [0.05, 0.1) is 12.2 Å². The monoisotopic (exact) mass is 259 g/mol. The normalized spacial score (nSPS) is 36.7. The Morgan fingerprint density at radius 3 is 3.21 bits per heavy atom. The molecule has 0 aromatic heterocycles. The molecule has 3 heterocycles. The Bertz CT molecular complexity index is 502. The van der Waals surface area contributed by atoms with Crippen molar-refractivity contribution in [2.75, 3.05) is 26.2 Å². The highest BCUT2D eigenvalue weighted by atomic mass is 16.5. The van der Waals surface area contributed by atoms with Crippen LogP contribution in [-0.4, -0.2) is 36.2 Å². The van der Waals surface area contributed by atoms with Crippen molar-refractivity contribution >= 4 is 0 Å². The minimum absolute atomic E-state index is 0.373. The zero-order valence-electron chi connectivity index (χ0n) is 11.3. The molecule has 19 heavy (non-hydrogen) atoms. The van der Waals surface area contributed by atoms with Gasteiger partial charge in [-0.3, -0.25) is 0 Å². The molecule has 3 aliphatic rings. The average molecular weight is 259 g/mol. The number of benzene rings is 1. The molecule has 3 aliphatic heterocycles. The fourth-order valence-electron chi connectivity index (χ4n) is 4.04. The maximum atomic E-state index is 11.3. The first kappa shape index (κ1) is 11.7. The Morgan fingerprint density at radius 2 is 2.26 bits per heavy atom. The molecule has 3 heteroatoms. The van der Waals surface area contributed by atoms with Crippen LogP contribution in [0.25, 0.3) is 0 Å². The lowest BCUT2D eigenvalue weighted by Gasteiger charge is -2.40. The third-order valence-electron chi connectivity index (χ3n) is 5.16. The molecule has 2 fully saturated rings. The molecule has 2 saturated heterocycles. The van der Waals surface area contributed by atoms with Crippen molar-refractivity contribution in [1.29, 1.82) is 0 Å². The van der Waals surface area contributed by atoms with Crippen LogP contribution >= 0.6 is 0 Å². The molecule has 3 atom stereocenters. The van der Waals surface area contributed by atoms with Crippen LogP contribution in [-0.2, 0) is 12.0 Å². The van der Waals surface area contributed by atoms with Crippen LogP contribution in [0.3, 0.4) is 0 Å². The first-order chi connectivity index (χ1) is 9.27. The third kappa shape index (κ3) is 1.72. The van der Waals surface area contributed by atoms with Crippen molar-refractivity contribution in [2.24, 2.45) is 5.92 Å². The summed E-state index contributed by atoms with van der Waals surface area (Å²) in [6.07, 6.45) is 4.12. The van der Waals surface area contributed by atoms with E-state index in [-0.39, 0.29) is 0 Å². The predicted octanol–water partition coefficient (Wildman–Crippen LogP) is 1.92. The van der Waals surface area contributed by atoms with E-state index in [0.717, 1.165) is 63.2 Å². The highest BCUT2D eigenvalue weighted by Gasteiger charge is 2.47. The minimum atomic E-state index is -0.671. The van der Waals surface area contributed by atoms with E-state index in [9.17, 15) is 5.11 Å². The Morgan fingerprint density at radius 1 is 1.32 bits per heavy atom. The number of hydrogen-bond acceptors (Lipinski definition) is 3. The second-order valence-corrected chi connectivity index (χ2v) is 6.21. The topological polar surface area (TPSA) is 32.7 Å². The summed E-state index contributed by atoms with van der Waals surface area (Å²) < 4.78 is 5.91. The molecule has 3 unspecified atom stereocenters. The highest BCUT2D eigenvalue weighted by Crippen LogP contribution is 2.47. The van der Waals surface area contributed by atoms with Gasteiger partial charge in [0.1, 0.15) is 5.75 Å². The lowest BCUT2D eigenvalue weighted by atomic mass is 9.75. The molecule has 0 amide bonds. The fourth-order valence-corrected chi connectivity index (χ4v) is 4.04. The van der Waals surface area contributed by atoms with Crippen LogP contribution in [0.4, 0.5) is 0 Å². The third-order valence-corrected chi connectivity index (χ3v) is 5.16. The van der Waals surface area contributed by atoms with Gasteiger partial charge in [-0.2, -0.15) is 0 Å². The summed E-state index contributed by atoms with van der Waals surface area (Å²) in [5.74, 6) is 1.36. The second kappa shape index (κ2) is 4.22.